The molecule has 1 aromatic rings. The Balaban J connectivity index is 2.30. The average Bonchev–Trinajstić information content (AvgIpc) is 2.32. The molecule has 1 amide bonds. The second-order valence-electron chi connectivity index (χ2n) is 4.93. The number of para-hydroxylation sites is 1. The van der Waals surface area contributed by atoms with Gasteiger partial charge in [-0.05, 0) is 31.9 Å². The molecule has 1 heterocycles. The molecule has 5 nitrogen and oxygen atoms in total. The molecule has 1 aromatic carbocycles. The lowest BCUT2D eigenvalue weighted by Gasteiger charge is -2.36. The molecule has 0 aliphatic carbocycles. The van der Waals surface area contributed by atoms with Gasteiger partial charge in [-0.1, -0.05) is 6.07 Å². The summed E-state index contributed by atoms with van der Waals surface area (Å²) in [6.45, 7) is 3.52. The minimum absolute atomic E-state index is 0.113. The van der Waals surface area contributed by atoms with Crippen LogP contribution in [0.3, 0.4) is 0 Å². The first kappa shape index (κ1) is 12.7. The lowest BCUT2D eigenvalue weighted by molar-refractivity contribution is 0.0658. The third-order valence-electron chi connectivity index (χ3n) is 3.39. The average molecular weight is 249 g/mol. The van der Waals surface area contributed by atoms with Gasteiger partial charge in [0.1, 0.15) is 0 Å². The van der Waals surface area contributed by atoms with Gasteiger partial charge in [0, 0.05) is 18.8 Å². The smallest absolute Gasteiger partial charge is 0.250 e. The van der Waals surface area contributed by atoms with Gasteiger partial charge in [-0.25, -0.2) is 0 Å². The molecule has 18 heavy (non-hydrogen) atoms. The molecule has 0 atom stereocenters. The van der Waals surface area contributed by atoms with Gasteiger partial charge < -0.3 is 21.5 Å². The standard InChI is InChI=1S/C13H19N3O2/c1-13(5-7-18-8-6-13)16-11-9(12(15)17)3-2-4-10(11)14/h2-4,16H,5-8,14H2,1H3,(H2,15,17). The summed E-state index contributed by atoms with van der Waals surface area (Å²) in [7, 11) is 0. The second-order valence-corrected chi connectivity index (χ2v) is 4.93. The van der Waals surface area contributed by atoms with E-state index in [0.717, 1.165) is 12.8 Å². The fourth-order valence-corrected chi connectivity index (χ4v) is 2.16. The Morgan fingerprint density at radius 3 is 2.67 bits per heavy atom. The van der Waals surface area contributed by atoms with Crippen molar-refractivity contribution >= 4 is 17.3 Å². The Morgan fingerprint density at radius 2 is 2.06 bits per heavy atom. The number of nitrogens with two attached hydrogens (primary N) is 2. The number of hydrogen-bond donors (Lipinski definition) is 3. The summed E-state index contributed by atoms with van der Waals surface area (Å²) < 4.78 is 5.35. The number of nitrogen functional groups attached to an aromatic ring is 1. The highest BCUT2D eigenvalue weighted by Gasteiger charge is 2.28. The minimum Gasteiger partial charge on any atom is -0.397 e. The van der Waals surface area contributed by atoms with Crippen molar-refractivity contribution in [3.63, 3.8) is 0 Å². The van der Waals surface area contributed by atoms with Crippen molar-refractivity contribution < 1.29 is 9.53 Å². The second kappa shape index (κ2) is 4.86. The van der Waals surface area contributed by atoms with Crippen molar-refractivity contribution in [1.29, 1.82) is 0 Å². The maximum atomic E-state index is 11.4. The molecule has 0 aromatic heterocycles. The number of nitrogens with one attached hydrogen (secondary N) is 1. The summed E-state index contributed by atoms with van der Waals surface area (Å²) in [5.41, 5.74) is 12.8. The van der Waals surface area contributed by atoms with E-state index in [1.165, 1.54) is 0 Å². The highest BCUT2D eigenvalue weighted by atomic mass is 16.5. The molecule has 5 N–H and O–H groups in total. The molecule has 98 valence electrons. The van der Waals surface area contributed by atoms with Crippen LogP contribution in [0.1, 0.15) is 30.1 Å². The molecule has 0 unspecified atom stereocenters. The SMILES string of the molecule is CC1(Nc2c(N)cccc2C(N)=O)CCOCC1. The summed E-state index contributed by atoms with van der Waals surface area (Å²) in [6, 6.07) is 5.17. The number of rotatable bonds is 3. The van der Waals surface area contributed by atoms with E-state index in [0.29, 0.717) is 30.2 Å². The molecular formula is C13H19N3O2. The van der Waals surface area contributed by atoms with Crippen LogP contribution in [-0.2, 0) is 4.74 Å². The van der Waals surface area contributed by atoms with Gasteiger partial charge >= 0.3 is 0 Å². The summed E-state index contributed by atoms with van der Waals surface area (Å²) in [6.07, 6.45) is 1.75. The Hall–Kier alpha value is -1.75. The molecule has 0 bridgehead atoms. The zero-order valence-electron chi connectivity index (χ0n) is 10.5. The number of benzene rings is 1. The fraction of sp³-hybridized carbons (Fsp3) is 0.462. The Labute approximate surface area is 106 Å². The van der Waals surface area contributed by atoms with E-state index in [1.54, 1.807) is 18.2 Å². The van der Waals surface area contributed by atoms with Crippen LogP contribution >= 0.6 is 0 Å². The van der Waals surface area contributed by atoms with E-state index in [1.807, 2.05) is 0 Å². The molecular weight excluding hydrogens is 230 g/mol. The Morgan fingerprint density at radius 1 is 1.39 bits per heavy atom. The van der Waals surface area contributed by atoms with Crippen LogP contribution in [0.25, 0.3) is 0 Å². The maximum absolute atomic E-state index is 11.4. The van der Waals surface area contributed by atoms with Gasteiger partial charge in [-0.15, -0.1) is 0 Å². The first-order valence-electron chi connectivity index (χ1n) is 6.06. The van der Waals surface area contributed by atoms with Gasteiger partial charge in [0.15, 0.2) is 0 Å². The zero-order chi connectivity index (χ0) is 13.2. The van der Waals surface area contributed by atoms with Gasteiger partial charge in [0.25, 0.3) is 5.91 Å². The summed E-state index contributed by atoms with van der Waals surface area (Å²) in [5, 5.41) is 3.37. The molecule has 1 aliphatic rings. The van der Waals surface area contributed by atoms with E-state index < -0.39 is 5.91 Å². The van der Waals surface area contributed by atoms with Crippen molar-refractivity contribution in [3.8, 4) is 0 Å². The van der Waals surface area contributed by atoms with E-state index >= 15 is 0 Å². The summed E-state index contributed by atoms with van der Waals surface area (Å²) in [5.74, 6) is -0.472. The van der Waals surface area contributed by atoms with E-state index in [9.17, 15) is 4.79 Å². The lowest BCUT2D eigenvalue weighted by atomic mass is 9.91. The van der Waals surface area contributed by atoms with Crippen LogP contribution in [0, 0.1) is 0 Å². The topological polar surface area (TPSA) is 90.4 Å². The van der Waals surface area contributed by atoms with E-state index in [2.05, 4.69) is 12.2 Å². The maximum Gasteiger partial charge on any atom is 0.250 e. The molecule has 5 heteroatoms. The largest absolute Gasteiger partial charge is 0.397 e. The molecule has 1 saturated heterocycles. The molecule has 1 fully saturated rings. The van der Waals surface area contributed by atoms with Crippen molar-refractivity contribution in [3.05, 3.63) is 23.8 Å². The van der Waals surface area contributed by atoms with E-state index in [-0.39, 0.29) is 5.54 Å². The van der Waals surface area contributed by atoms with Gasteiger partial charge in [-0.3, -0.25) is 4.79 Å². The number of anilines is 2. The third-order valence-corrected chi connectivity index (χ3v) is 3.39. The van der Waals surface area contributed by atoms with Crippen molar-refractivity contribution in [1.82, 2.24) is 0 Å². The van der Waals surface area contributed by atoms with E-state index in [4.69, 9.17) is 16.2 Å². The number of ether oxygens (including phenoxy) is 1. The van der Waals surface area contributed by atoms with Crippen LogP contribution in [0.5, 0.6) is 0 Å². The van der Waals surface area contributed by atoms with Crippen LogP contribution in [0.2, 0.25) is 0 Å². The van der Waals surface area contributed by atoms with Crippen molar-refractivity contribution in [2.24, 2.45) is 5.73 Å². The summed E-state index contributed by atoms with van der Waals surface area (Å²) >= 11 is 0. The third kappa shape index (κ3) is 2.56. The first-order chi connectivity index (χ1) is 8.52. The first-order valence-corrected chi connectivity index (χ1v) is 6.06. The number of carbonyl (C=O) groups is 1. The zero-order valence-corrected chi connectivity index (χ0v) is 10.5. The van der Waals surface area contributed by atoms with Crippen molar-refractivity contribution in [2.45, 2.75) is 25.3 Å². The minimum atomic E-state index is -0.472. The highest BCUT2D eigenvalue weighted by molar-refractivity contribution is 6.01. The highest BCUT2D eigenvalue weighted by Crippen LogP contribution is 2.31. The number of primary amides is 1. The normalized spacial score (nSPS) is 18.3. The number of hydrogen-bond acceptors (Lipinski definition) is 4. The summed E-state index contributed by atoms with van der Waals surface area (Å²) in [4.78, 5) is 11.4. The van der Waals surface area contributed by atoms with Crippen LogP contribution in [0.4, 0.5) is 11.4 Å². The predicted molar refractivity (Wildman–Crippen MR) is 71.5 cm³/mol. The molecule has 0 radical (unpaired) electrons. The molecule has 2 rings (SSSR count). The molecule has 1 aliphatic heterocycles. The van der Waals surface area contributed by atoms with Gasteiger partial charge in [0.05, 0.1) is 16.9 Å². The lowest BCUT2D eigenvalue weighted by Crippen LogP contribution is -2.41. The molecule has 0 saturated carbocycles. The predicted octanol–water partition coefficient (Wildman–Crippen LogP) is 1.35. The number of carbonyl (C=O) groups excluding carboxylic acids is 1. The van der Waals surface area contributed by atoms with Crippen LogP contribution in [-0.4, -0.2) is 24.7 Å². The van der Waals surface area contributed by atoms with Gasteiger partial charge in [0.2, 0.25) is 0 Å². The van der Waals surface area contributed by atoms with Crippen molar-refractivity contribution in [2.75, 3.05) is 24.3 Å². The molecule has 0 spiro atoms. The monoisotopic (exact) mass is 249 g/mol. The quantitative estimate of drug-likeness (QED) is 0.705. The fourth-order valence-electron chi connectivity index (χ4n) is 2.16. The van der Waals surface area contributed by atoms with Gasteiger partial charge in [-0.2, -0.15) is 0 Å². The Kier molecular flexibility index (Phi) is 3.43. The van der Waals surface area contributed by atoms with Crippen LogP contribution in [0.15, 0.2) is 18.2 Å². The number of amides is 1. The van der Waals surface area contributed by atoms with Crippen LogP contribution < -0.4 is 16.8 Å². The Bertz CT molecular complexity index is 454.